The zero-order valence-corrected chi connectivity index (χ0v) is 11.0. The van der Waals surface area contributed by atoms with Gasteiger partial charge < -0.3 is 9.64 Å². The van der Waals surface area contributed by atoms with Crippen molar-refractivity contribution < 1.29 is 9.53 Å². The van der Waals surface area contributed by atoms with Crippen LogP contribution in [0.2, 0.25) is 0 Å². The fourth-order valence-electron chi connectivity index (χ4n) is 2.12. The first-order valence-corrected chi connectivity index (χ1v) is 6.70. The number of carbonyl (C=O) groups excluding carboxylic acids is 1. The fraction of sp³-hybridized carbons (Fsp3) is 0.533. The number of nitrogens with zero attached hydrogens (tertiary/aromatic N) is 1. The molecule has 1 heterocycles. The molecule has 0 spiro atoms. The van der Waals surface area contributed by atoms with Crippen molar-refractivity contribution in [3.05, 3.63) is 29.8 Å². The van der Waals surface area contributed by atoms with Gasteiger partial charge in [-0.2, -0.15) is 0 Å². The van der Waals surface area contributed by atoms with E-state index in [1.807, 2.05) is 17.0 Å². The van der Waals surface area contributed by atoms with Crippen LogP contribution in [-0.4, -0.2) is 31.0 Å². The third-order valence-electron chi connectivity index (χ3n) is 3.47. The summed E-state index contributed by atoms with van der Waals surface area (Å²) in [4.78, 5) is 13.6. The van der Waals surface area contributed by atoms with E-state index in [0.29, 0.717) is 12.3 Å². The van der Waals surface area contributed by atoms with Gasteiger partial charge in [0.15, 0.2) is 0 Å². The molecule has 0 radical (unpaired) electrons. The van der Waals surface area contributed by atoms with Gasteiger partial charge in [0.25, 0.3) is 0 Å². The molecular weight excluding hydrogens is 226 g/mol. The molecule has 1 aromatic carbocycles. The summed E-state index contributed by atoms with van der Waals surface area (Å²) < 4.78 is 5.12. The van der Waals surface area contributed by atoms with Crippen molar-refractivity contribution in [1.82, 2.24) is 4.90 Å². The van der Waals surface area contributed by atoms with E-state index in [9.17, 15) is 4.79 Å². The number of methoxy groups -OCH3 is 1. The number of rotatable bonds is 6. The van der Waals surface area contributed by atoms with Crippen LogP contribution < -0.4 is 4.74 Å². The van der Waals surface area contributed by atoms with E-state index in [1.165, 1.54) is 12.0 Å². The molecule has 1 aromatic rings. The number of hydrogen-bond acceptors (Lipinski definition) is 2. The predicted octanol–water partition coefficient (Wildman–Crippen LogP) is 2.64. The minimum atomic E-state index is 0.330. The minimum absolute atomic E-state index is 0.330. The van der Waals surface area contributed by atoms with Gasteiger partial charge in [-0.05, 0) is 43.4 Å². The molecular formula is C15H21NO2. The highest BCUT2D eigenvalue weighted by atomic mass is 16.5. The van der Waals surface area contributed by atoms with Crippen LogP contribution in [0.15, 0.2) is 24.3 Å². The second-order valence-corrected chi connectivity index (χ2v) is 4.79. The van der Waals surface area contributed by atoms with Crippen molar-refractivity contribution in [3.63, 3.8) is 0 Å². The van der Waals surface area contributed by atoms with E-state index in [2.05, 4.69) is 12.1 Å². The van der Waals surface area contributed by atoms with E-state index >= 15 is 0 Å². The lowest BCUT2D eigenvalue weighted by Crippen LogP contribution is -2.41. The van der Waals surface area contributed by atoms with Crippen molar-refractivity contribution in [1.29, 1.82) is 0 Å². The standard InChI is InChI=1S/C15H21NO2/c1-18-14-9-7-13(8-10-14)5-2-3-6-15(17)16-11-4-12-16/h7-10H,2-6,11-12H2,1H3. The highest BCUT2D eigenvalue weighted by Gasteiger charge is 2.18. The Morgan fingerprint density at radius 3 is 2.50 bits per heavy atom. The second kappa shape index (κ2) is 6.43. The zero-order chi connectivity index (χ0) is 12.8. The molecule has 0 N–H and O–H groups in total. The number of carbonyl (C=O) groups is 1. The molecule has 1 aliphatic heterocycles. The van der Waals surface area contributed by atoms with Crippen molar-refractivity contribution in [2.75, 3.05) is 20.2 Å². The zero-order valence-electron chi connectivity index (χ0n) is 11.0. The van der Waals surface area contributed by atoms with E-state index in [1.54, 1.807) is 7.11 Å². The number of benzene rings is 1. The van der Waals surface area contributed by atoms with Crippen LogP contribution in [0.25, 0.3) is 0 Å². The summed E-state index contributed by atoms with van der Waals surface area (Å²) in [6, 6.07) is 8.16. The first-order chi connectivity index (χ1) is 8.79. The van der Waals surface area contributed by atoms with Gasteiger partial charge in [0.2, 0.25) is 5.91 Å². The van der Waals surface area contributed by atoms with Crippen LogP contribution in [0.4, 0.5) is 0 Å². The van der Waals surface area contributed by atoms with Gasteiger partial charge >= 0.3 is 0 Å². The topological polar surface area (TPSA) is 29.5 Å². The molecule has 98 valence electrons. The largest absolute Gasteiger partial charge is 0.497 e. The van der Waals surface area contributed by atoms with Gasteiger partial charge in [-0.1, -0.05) is 12.1 Å². The summed E-state index contributed by atoms with van der Waals surface area (Å²) >= 11 is 0. The van der Waals surface area contributed by atoms with E-state index in [4.69, 9.17) is 4.74 Å². The highest BCUT2D eigenvalue weighted by Crippen LogP contribution is 2.14. The van der Waals surface area contributed by atoms with Crippen molar-refractivity contribution in [2.45, 2.75) is 32.1 Å². The van der Waals surface area contributed by atoms with Crippen LogP contribution in [0.1, 0.15) is 31.2 Å². The van der Waals surface area contributed by atoms with Crippen molar-refractivity contribution >= 4 is 5.91 Å². The Balaban J connectivity index is 1.63. The quantitative estimate of drug-likeness (QED) is 0.723. The lowest BCUT2D eigenvalue weighted by Gasteiger charge is -2.30. The Kier molecular flexibility index (Phi) is 4.62. The lowest BCUT2D eigenvalue weighted by atomic mass is 10.1. The minimum Gasteiger partial charge on any atom is -0.497 e. The van der Waals surface area contributed by atoms with Gasteiger partial charge in [0.05, 0.1) is 7.11 Å². The molecule has 3 nitrogen and oxygen atoms in total. The summed E-state index contributed by atoms with van der Waals surface area (Å²) in [5, 5.41) is 0. The molecule has 0 aromatic heterocycles. The number of likely N-dealkylation sites (tertiary alicyclic amines) is 1. The number of aryl methyl sites for hydroxylation is 1. The summed E-state index contributed by atoms with van der Waals surface area (Å²) in [5.74, 6) is 1.22. The Bertz CT molecular complexity index is 382. The summed E-state index contributed by atoms with van der Waals surface area (Å²) in [5.41, 5.74) is 1.31. The molecule has 0 atom stereocenters. The third kappa shape index (κ3) is 3.49. The Morgan fingerprint density at radius 1 is 1.22 bits per heavy atom. The number of amides is 1. The molecule has 0 bridgehead atoms. The molecule has 1 fully saturated rings. The SMILES string of the molecule is COc1ccc(CCCCC(=O)N2CCC2)cc1. The van der Waals surface area contributed by atoms with Gasteiger partial charge in [0, 0.05) is 19.5 Å². The van der Waals surface area contributed by atoms with Crippen molar-refractivity contribution in [3.8, 4) is 5.75 Å². The van der Waals surface area contributed by atoms with E-state index in [0.717, 1.165) is 38.1 Å². The summed E-state index contributed by atoms with van der Waals surface area (Å²) in [6.45, 7) is 1.94. The van der Waals surface area contributed by atoms with Crippen molar-refractivity contribution in [2.24, 2.45) is 0 Å². The molecule has 0 unspecified atom stereocenters. The van der Waals surface area contributed by atoms with Crippen LogP contribution >= 0.6 is 0 Å². The molecule has 3 heteroatoms. The molecule has 1 aliphatic rings. The van der Waals surface area contributed by atoms with Crippen LogP contribution in [0.3, 0.4) is 0 Å². The average molecular weight is 247 g/mol. The smallest absolute Gasteiger partial charge is 0.222 e. The predicted molar refractivity (Wildman–Crippen MR) is 71.7 cm³/mol. The third-order valence-corrected chi connectivity index (χ3v) is 3.47. The molecule has 1 amide bonds. The first kappa shape index (κ1) is 12.9. The average Bonchev–Trinajstić information content (AvgIpc) is 2.33. The molecule has 0 saturated carbocycles. The van der Waals surface area contributed by atoms with Gasteiger partial charge in [0.1, 0.15) is 5.75 Å². The number of unbranched alkanes of at least 4 members (excludes halogenated alkanes) is 1. The maximum absolute atomic E-state index is 11.6. The molecule has 1 saturated heterocycles. The van der Waals surface area contributed by atoms with Crippen LogP contribution in [0, 0.1) is 0 Å². The van der Waals surface area contributed by atoms with Gasteiger partial charge in [-0.25, -0.2) is 0 Å². The van der Waals surface area contributed by atoms with Gasteiger partial charge in [-0.3, -0.25) is 4.79 Å². The summed E-state index contributed by atoms with van der Waals surface area (Å²) in [7, 11) is 1.68. The molecule has 2 rings (SSSR count). The van der Waals surface area contributed by atoms with Crippen LogP contribution in [0.5, 0.6) is 5.75 Å². The first-order valence-electron chi connectivity index (χ1n) is 6.70. The van der Waals surface area contributed by atoms with E-state index in [-0.39, 0.29) is 0 Å². The summed E-state index contributed by atoms with van der Waals surface area (Å²) in [6.07, 6.45) is 4.98. The highest BCUT2D eigenvalue weighted by molar-refractivity contribution is 5.76. The van der Waals surface area contributed by atoms with E-state index < -0.39 is 0 Å². The van der Waals surface area contributed by atoms with Crippen LogP contribution in [-0.2, 0) is 11.2 Å². The number of hydrogen-bond donors (Lipinski definition) is 0. The fourth-order valence-corrected chi connectivity index (χ4v) is 2.12. The maximum atomic E-state index is 11.6. The second-order valence-electron chi connectivity index (χ2n) is 4.79. The number of ether oxygens (including phenoxy) is 1. The Labute approximate surface area is 109 Å². The Morgan fingerprint density at radius 2 is 1.94 bits per heavy atom. The molecule has 18 heavy (non-hydrogen) atoms. The monoisotopic (exact) mass is 247 g/mol. The Hall–Kier alpha value is -1.51. The van der Waals surface area contributed by atoms with Gasteiger partial charge in [-0.15, -0.1) is 0 Å². The normalized spacial score (nSPS) is 14.2. The molecule has 0 aliphatic carbocycles. The lowest BCUT2D eigenvalue weighted by molar-refractivity contribution is -0.134. The maximum Gasteiger partial charge on any atom is 0.222 e.